The van der Waals surface area contributed by atoms with Crippen molar-refractivity contribution < 1.29 is 17.9 Å². The van der Waals surface area contributed by atoms with Crippen LogP contribution >= 0.6 is 27.5 Å². The molecule has 118 valence electrons. The van der Waals surface area contributed by atoms with Crippen LogP contribution in [-0.4, -0.2) is 39.9 Å². The second-order valence-electron chi connectivity index (χ2n) is 4.50. The SMILES string of the molecule is CN(C)C(=O)CCCOc1c(Cl)cc(Br)cc1S(N)(=O)=O. The number of amides is 1. The van der Waals surface area contributed by atoms with Gasteiger partial charge in [-0.2, -0.15) is 0 Å². The summed E-state index contributed by atoms with van der Waals surface area (Å²) in [4.78, 5) is 12.7. The van der Waals surface area contributed by atoms with Gasteiger partial charge in [0.15, 0.2) is 5.75 Å². The van der Waals surface area contributed by atoms with Crippen LogP contribution < -0.4 is 9.88 Å². The molecule has 0 aliphatic rings. The first-order valence-electron chi connectivity index (χ1n) is 5.97. The van der Waals surface area contributed by atoms with Gasteiger partial charge in [-0.05, 0) is 18.6 Å². The Hall–Kier alpha value is -0.830. The van der Waals surface area contributed by atoms with Gasteiger partial charge in [0.05, 0.1) is 11.6 Å². The molecule has 0 aliphatic heterocycles. The summed E-state index contributed by atoms with van der Waals surface area (Å²) in [6, 6.07) is 2.83. The number of hydrogen-bond acceptors (Lipinski definition) is 4. The Bertz CT molecular complexity index is 634. The van der Waals surface area contributed by atoms with Crippen molar-refractivity contribution in [2.45, 2.75) is 17.7 Å². The van der Waals surface area contributed by atoms with Crippen LogP contribution in [0.15, 0.2) is 21.5 Å². The molecule has 0 heterocycles. The number of primary sulfonamides is 1. The van der Waals surface area contributed by atoms with E-state index in [1.54, 1.807) is 14.1 Å². The maximum Gasteiger partial charge on any atom is 0.241 e. The first-order chi connectivity index (χ1) is 9.62. The Balaban J connectivity index is 2.82. The van der Waals surface area contributed by atoms with E-state index in [-0.39, 0.29) is 28.2 Å². The molecule has 9 heteroatoms. The predicted molar refractivity (Wildman–Crippen MR) is 83.9 cm³/mol. The molecule has 0 aromatic heterocycles. The number of ether oxygens (including phenoxy) is 1. The zero-order chi connectivity index (χ0) is 16.2. The van der Waals surface area contributed by atoms with Crippen molar-refractivity contribution in [2.75, 3.05) is 20.7 Å². The van der Waals surface area contributed by atoms with Gasteiger partial charge in [0.1, 0.15) is 4.90 Å². The van der Waals surface area contributed by atoms with Crippen molar-refractivity contribution in [1.29, 1.82) is 0 Å². The predicted octanol–water partition coefficient (Wildman–Crippen LogP) is 2.00. The van der Waals surface area contributed by atoms with Crippen LogP contribution in [-0.2, 0) is 14.8 Å². The normalized spacial score (nSPS) is 11.3. The summed E-state index contributed by atoms with van der Waals surface area (Å²) in [5.41, 5.74) is 0. The van der Waals surface area contributed by atoms with E-state index in [0.29, 0.717) is 17.3 Å². The summed E-state index contributed by atoms with van der Waals surface area (Å²) >= 11 is 9.13. The Morgan fingerprint density at radius 3 is 2.57 bits per heavy atom. The van der Waals surface area contributed by atoms with Gasteiger partial charge < -0.3 is 9.64 Å². The number of sulfonamides is 1. The van der Waals surface area contributed by atoms with E-state index >= 15 is 0 Å². The van der Waals surface area contributed by atoms with E-state index in [0.717, 1.165) is 0 Å². The van der Waals surface area contributed by atoms with Crippen LogP contribution in [0, 0.1) is 0 Å². The maximum absolute atomic E-state index is 11.5. The van der Waals surface area contributed by atoms with Gasteiger partial charge in [0.25, 0.3) is 0 Å². The van der Waals surface area contributed by atoms with Crippen molar-refractivity contribution in [1.82, 2.24) is 4.90 Å². The first-order valence-corrected chi connectivity index (χ1v) is 8.69. The van der Waals surface area contributed by atoms with Crippen molar-refractivity contribution in [2.24, 2.45) is 5.14 Å². The van der Waals surface area contributed by atoms with Crippen molar-refractivity contribution >= 4 is 43.5 Å². The van der Waals surface area contributed by atoms with Gasteiger partial charge in [-0.1, -0.05) is 27.5 Å². The Morgan fingerprint density at radius 1 is 1.43 bits per heavy atom. The highest BCUT2D eigenvalue weighted by Gasteiger charge is 2.19. The Labute approximate surface area is 137 Å². The van der Waals surface area contributed by atoms with Crippen molar-refractivity contribution in [3.05, 3.63) is 21.6 Å². The molecule has 21 heavy (non-hydrogen) atoms. The third-order valence-corrected chi connectivity index (χ3v) is 4.22. The van der Waals surface area contributed by atoms with Gasteiger partial charge in [-0.3, -0.25) is 4.79 Å². The second kappa shape index (κ2) is 7.44. The average molecular weight is 400 g/mol. The molecule has 0 atom stereocenters. The zero-order valence-electron chi connectivity index (χ0n) is 11.6. The molecule has 0 radical (unpaired) electrons. The number of halogens is 2. The Kier molecular flexibility index (Phi) is 6.45. The molecule has 0 saturated carbocycles. The van der Waals surface area contributed by atoms with Crippen LogP contribution in [0.3, 0.4) is 0 Å². The highest BCUT2D eigenvalue weighted by atomic mass is 79.9. The molecular weight excluding hydrogens is 384 g/mol. The Morgan fingerprint density at radius 2 is 2.05 bits per heavy atom. The number of nitrogens with zero attached hydrogens (tertiary/aromatic N) is 1. The molecule has 1 rings (SSSR count). The van der Waals surface area contributed by atoms with Gasteiger partial charge >= 0.3 is 0 Å². The fraction of sp³-hybridized carbons (Fsp3) is 0.417. The van der Waals surface area contributed by atoms with Gasteiger partial charge in [-0.15, -0.1) is 0 Å². The molecule has 0 unspecified atom stereocenters. The lowest BCUT2D eigenvalue weighted by molar-refractivity contribution is -0.128. The summed E-state index contributed by atoms with van der Waals surface area (Å²) in [6.07, 6.45) is 0.735. The standard InChI is InChI=1S/C12H16BrClN2O4S/c1-16(2)11(17)4-3-5-20-12-9(14)6-8(13)7-10(12)21(15,18)19/h6-7H,3-5H2,1-2H3,(H2,15,18,19). The van der Waals surface area contributed by atoms with E-state index in [1.807, 2.05) is 0 Å². The van der Waals surface area contributed by atoms with Crippen molar-refractivity contribution in [3.8, 4) is 5.75 Å². The monoisotopic (exact) mass is 398 g/mol. The summed E-state index contributed by atoms with van der Waals surface area (Å²) in [6.45, 7) is 0.156. The van der Waals surface area contributed by atoms with E-state index in [9.17, 15) is 13.2 Å². The van der Waals surface area contributed by atoms with E-state index in [1.165, 1.54) is 17.0 Å². The number of nitrogens with two attached hydrogens (primary N) is 1. The van der Waals surface area contributed by atoms with Gasteiger partial charge in [0, 0.05) is 25.0 Å². The average Bonchev–Trinajstić information content (AvgIpc) is 2.34. The molecule has 2 N–H and O–H groups in total. The number of hydrogen-bond donors (Lipinski definition) is 1. The van der Waals surface area contributed by atoms with Crippen molar-refractivity contribution in [3.63, 3.8) is 0 Å². The van der Waals surface area contributed by atoms with E-state index < -0.39 is 10.0 Å². The second-order valence-corrected chi connectivity index (χ2v) is 7.35. The van der Waals surface area contributed by atoms with Gasteiger partial charge in [0.2, 0.25) is 15.9 Å². The third kappa shape index (κ3) is 5.46. The fourth-order valence-electron chi connectivity index (χ4n) is 1.51. The molecule has 0 fully saturated rings. The lowest BCUT2D eigenvalue weighted by Crippen LogP contribution is -2.22. The molecule has 0 spiro atoms. The first kappa shape index (κ1) is 18.2. The molecule has 1 aromatic carbocycles. The number of rotatable bonds is 6. The highest BCUT2D eigenvalue weighted by Crippen LogP contribution is 2.35. The molecule has 6 nitrogen and oxygen atoms in total. The van der Waals surface area contributed by atoms with Crippen LogP contribution in [0.1, 0.15) is 12.8 Å². The third-order valence-electron chi connectivity index (χ3n) is 2.56. The summed E-state index contributed by atoms with van der Waals surface area (Å²) < 4.78 is 29.0. The lowest BCUT2D eigenvalue weighted by Gasteiger charge is -2.13. The van der Waals surface area contributed by atoms with E-state index in [4.69, 9.17) is 21.5 Å². The minimum atomic E-state index is -3.96. The number of benzene rings is 1. The molecule has 1 amide bonds. The van der Waals surface area contributed by atoms with Gasteiger partial charge in [-0.25, -0.2) is 13.6 Å². The largest absolute Gasteiger partial charge is 0.491 e. The topological polar surface area (TPSA) is 89.7 Å². The number of carbonyl (C=O) groups excluding carboxylic acids is 1. The minimum Gasteiger partial charge on any atom is -0.491 e. The van der Waals surface area contributed by atoms with E-state index in [2.05, 4.69) is 15.9 Å². The quantitative estimate of drug-likeness (QED) is 0.741. The smallest absolute Gasteiger partial charge is 0.241 e. The molecule has 0 aliphatic carbocycles. The molecular formula is C12H16BrClN2O4S. The van der Waals surface area contributed by atoms with Crippen LogP contribution in [0.5, 0.6) is 5.75 Å². The molecule has 0 bridgehead atoms. The minimum absolute atomic E-state index is 0.000307. The lowest BCUT2D eigenvalue weighted by atomic mass is 10.3. The molecule has 1 aromatic rings. The van der Waals surface area contributed by atoms with Crippen LogP contribution in [0.25, 0.3) is 0 Å². The summed E-state index contributed by atoms with van der Waals surface area (Å²) in [7, 11) is -0.639. The fourth-order valence-corrected chi connectivity index (χ4v) is 3.30. The van der Waals surface area contributed by atoms with Crippen LogP contribution in [0.2, 0.25) is 5.02 Å². The maximum atomic E-state index is 11.5. The number of carbonyl (C=O) groups is 1. The highest BCUT2D eigenvalue weighted by molar-refractivity contribution is 9.10. The zero-order valence-corrected chi connectivity index (χ0v) is 14.8. The summed E-state index contributed by atoms with van der Waals surface area (Å²) in [5, 5.41) is 5.27. The molecule has 0 saturated heterocycles. The van der Waals surface area contributed by atoms with Crippen LogP contribution in [0.4, 0.5) is 0 Å². The summed E-state index contributed by atoms with van der Waals surface area (Å²) in [5.74, 6) is -0.0353.